The molecule has 0 radical (unpaired) electrons. The molecule has 1 aromatic carbocycles. The first-order chi connectivity index (χ1) is 9.42. The van der Waals surface area contributed by atoms with E-state index in [0.29, 0.717) is 12.0 Å². The van der Waals surface area contributed by atoms with Crippen molar-refractivity contribution in [3.63, 3.8) is 0 Å². The van der Waals surface area contributed by atoms with Gasteiger partial charge in [-0.1, -0.05) is 12.1 Å². The van der Waals surface area contributed by atoms with Gasteiger partial charge in [0.1, 0.15) is 0 Å². The lowest BCUT2D eigenvalue weighted by Crippen LogP contribution is -2.39. The molecule has 1 unspecified atom stereocenters. The highest BCUT2D eigenvalue weighted by atomic mass is 16.4. The van der Waals surface area contributed by atoms with Gasteiger partial charge in [-0.15, -0.1) is 0 Å². The summed E-state index contributed by atoms with van der Waals surface area (Å²) in [6, 6.07) is 8.38. The molecular weight excluding hydrogens is 258 g/mol. The first-order valence-corrected chi connectivity index (χ1v) is 6.11. The van der Waals surface area contributed by atoms with Crippen LogP contribution in [0.4, 0.5) is 4.79 Å². The summed E-state index contributed by atoms with van der Waals surface area (Å²) in [5.74, 6) is -0.141. The third kappa shape index (κ3) is 4.98. The largest absolute Gasteiger partial charge is 0.465 e. The first kappa shape index (κ1) is 15.5. The summed E-state index contributed by atoms with van der Waals surface area (Å²) in [7, 11) is 3.25. The molecule has 0 bridgehead atoms. The third-order valence-electron chi connectivity index (χ3n) is 2.81. The fourth-order valence-corrected chi connectivity index (χ4v) is 1.74. The van der Waals surface area contributed by atoms with E-state index in [2.05, 4.69) is 5.32 Å². The molecule has 1 atom stereocenters. The SMILES string of the molecule is CN(C)C(=O)CC(Cc1ccc(C#N)cc1)NC(=O)O. The Bertz CT molecular complexity index is 517. The van der Waals surface area contributed by atoms with E-state index in [1.807, 2.05) is 6.07 Å². The van der Waals surface area contributed by atoms with E-state index in [1.54, 1.807) is 38.4 Å². The van der Waals surface area contributed by atoms with Crippen LogP contribution in [0.5, 0.6) is 0 Å². The summed E-state index contributed by atoms with van der Waals surface area (Å²) in [6.45, 7) is 0. The zero-order valence-electron chi connectivity index (χ0n) is 11.5. The zero-order chi connectivity index (χ0) is 15.1. The third-order valence-corrected chi connectivity index (χ3v) is 2.81. The van der Waals surface area contributed by atoms with Crippen molar-refractivity contribution < 1.29 is 14.7 Å². The molecule has 0 aliphatic carbocycles. The van der Waals surface area contributed by atoms with E-state index < -0.39 is 12.1 Å². The van der Waals surface area contributed by atoms with Crippen LogP contribution in [0.1, 0.15) is 17.5 Å². The van der Waals surface area contributed by atoms with E-state index in [9.17, 15) is 9.59 Å². The molecule has 1 aromatic rings. The summed E-state index contributed by atoms with van der Waals surface area (Å²) in [6.07, 6.45) is -0.660. The number of nitriles is 1. The molecule has 1 rings (SSSR count). The van der Waals surface area contributed by atoms with Crippen LogP contribution >= 0.6 is 0 Å². The van der Waals surface area contributed by atoms with Crippen LogP contribution < -0.4 is 5.32 Å². The van der Waals surface area contributed by atoms with Gasteiger partial charge in [0, 0.05) is 26.6 Å². The van der Waals surface area contributed by atoms with Gasteiger partial charge < -0.3 is 15.3 Å². The van der Waals surface area contributed by atoms with E-state index >= 15 is 0 Å². The monoisotopic (exact) mass is 275 g/mol. The van der Waals surface area contributed by atoms with Crippen molar-refractivity contribution in [2.75, 3.05) is 14.1 Å². The molecule has 0 heterocycles. The van der Waals surface area contributed by atoms with Crippen LogP contribution in [0.2, 0.25) is 0 Å². The van der Waals surface area contributed by atoms with Crippen LogP contribution in [0.3, 0.4) is 0 Å². The first-order valence-electron chi connectivity index (χ1n) is 6.11. The molecule has 20 heavy (non-hydrogen) atoms. The number of carbonyl (C=O) groups excluding carboxylic acids is 1. The molecule has 0 aliphatic rings. The molecule has 106 valence electrons. The Balaban J connectivity index is 2.75. The Hall–Kier alpha value is -2.55. The van der Waals surface area contributed by atoms with E-state index in [4.69, 9.17) is 10.4 Å². The molecular formula is C14H17N3O3. The topological polar surface area (TPSA) is 93.4 Å². The van der Waals surface area contributed by atoms with Crippen molar-refractivity contribution in [2.45, 2.75) is 18.9 Å². The highest BCUT2D eigenvalue weighted by Crippen LogP contribution is 2.09. The van der Waals surface area contributed by atoms with Gasteiger partial charge in [-0.2, -0.15) is 5.26 Å². The molecule has 0 fully saturated rings. The summed E-state index contributed by atoms with van der Waals surface area (Å²) in [5.41, 5.74) is 1.41. The van der Waals surface area contributed by atoms with Crippen molar-refractivity contribution in [3.05, 3.63) is 35.4 Å². The van der Waals surface area contributed by atoms with Gasteiger partial charge in [-0.3, -0.25) is 4.79 Å². The van der Waals surface area contributed by atoms with Gasteiger partial charge in [0.2, 0.25) is 5.91 Å². The van der Waals surface area contributed by atoms with Gasteiger partial charge in [0.05, 0.1) is 11.6 Å². The maximum atomic E-state index is 11.7. The molecule has 0 saturated carbocycles. The highest BCUT2D eigenvalue weighted by Gasteiger charge is 2.17. The standard InChI is InChI=1S/C14H17N3O3/c1-17(2)13(18)8-12(16-14(19)20)7-10-3-5-11(9-15)6-4-10/h3-6,12,16H,7-8H2,1-2H3,(H,19,20). The Labute approximate surface area is 117 Å². The maximum absolute atomic E-state index is 11.7. The Morgan fingerprint density at radius 3 is 2.40 bits per heavy atom. The average molecular weight is 275 g/mol. The Morgan fingerprint density at radius 2 is 1.95 bits per heavy atom. The number of hydrogen-bond acceptors (Lipinski definition) is 3. The van der Waals surface area contributed by atoms with Crippen molar-refractivity contribution in [1.29, 1.82) is 5.26 Å². The molecule has 0 saturated heterocycles. The lowest BCUT2D eigenvalue weighted by molar-refractivity contribution is -0.129. The average Bonchev–Trinajstić information content (AvgIpc) is 2.38. The molecule has 0 spiro atoms. The molecule has 0 aromatic heterocycles. The fourth-order valence-electron chi connectivity index (χ4n) is 1.74. The number of benzene rings is 1. The van der Waals surface area contributed by atoms with Crippen molar-refractivity contribution >= 4 is 12.0 Å². The van der Waals surface area contributed by atoms with Crippen LogP contribution in [-0.4, -0.2) is 42.1 Å². The minimum Gasteiger partial charge on any atom is -0.465 e. The van der Waals surface area contributed by atoms with Gasteiger partial charge in [0.25, 0.3) is 0 Å². The molecule has 6 heteroatoms. The summed E-state index contributed by atoms with van der Waals surface area (Å²) in [4.78, 5) is 23.9. The fraction of sp³-hybridized carbons (Fsp3) is 0.357. The Kier molecular flexibility index (Phi) is 5.54. The normalized spacial score (nSPS) is 11.2. The van der Waals surface area contributed by atoms with Crippen molar-refractivity contribution in [1.82, 2.24) is 10.2 Å². The van der Waals surface area contributed by atoms with Gasteiger partial charge in [-0.25, -0.2) is 4.79 Å². The summed E-state index contributed by atoms with van der Waals surface area (Å²) >= 11 is 0. The number of nitrogens with one attached hydrogen (secondary N) is 1. The molecule has 6 nitrogen and oxygen atoms in total. The summed E-state index contributed by atoms with van der Waals surface area (Å²) < 4.78 is 0. The maximum Gasteiger partial charge on any atom is 0.404 e. The number of carbonyl (C=O) groups is 2. The second kappa shape index (κ2) is 7.14. The number of hydrogen-bond donors (Lipinski definition) is 2. The second-order valence-corrected chi connectivity index (χ2v) is 4.65. The van der Waals surface area contributed by atoms with Crippen LogP contribution in [-0.2, 0) is 11.2 Å². The van der Waals surface area contributed by atoms with Gasteiger partial charge >= 0.3 is 6.09 Å². The van der Waals surface area contributed by atoms with Crippen LogP contribution in [0.15, 0.2) is 24.3 Å². The van der Waals surface area contributed by atoms with Crippen molar-refractivity contribution in [3.8, 4) is 6.07 Å². The zero-order valence-corrected chi connectivity index (χ0v) is 11.5. The van der Waals surface area contributed by atoms with Crippen molar-refractivity contribution in [2.24, 2.45) is 0 Å². The lowest BCUT2D eigenvalue weighted by Gasteiger charge is -2.19. The van der Waals surface area contributed by atoms with Gasteiger partial charge in [0.15, 0.2) is 0 Å². The molecule has 2 N–H and O–H groups in total. The predicted octanol–water partition coefficient (Wildman–Crippen LogP) is 1.22. The number of rotatable bonds is 5. The van der Waals surface area contributed by atoms with Crippen LogP contribution in [0, 0.1) is 11.3 Å². The van der Waals surface area contributed by atoms with Crippen LogP contribution in [0.25, 0.3) is 0 Å². The predicted molar refractivity (Wildman–Crippen MR) is 73.1 cm³/mol. The lowest BCUT2D eigenvalue weighted by atomic mass is 10.0. The minimum absolute atomic E-state index is 0.0965. The van der Waals surface area contributed by atoms with E-state index in [1.165, 1.54) is 4.90 Å². The highest BCUT2D eigenvalue weighted by molar-refractivity contribution is 5.77. The quantitative estimate of drug-likeness (QED) is 0.844. The van der Waals surface area contributed by atoms with Gasteiger partial charge in [-0.05, 0) is 24.1 Å². The minimum atomic E-state index is -1.16. The van der Waals surface area contributed by atoms with E-state index in [0.717, 1.165) is 5.56 Å². The Morgan fingerprint density at radius 1 is 1.35 bits per heavy atom. The smallest absolute Gasteiger partial charge is 0.404 e. The van der Waals surface area contributed by atoms with E-state index in [-0.39, 0.29) is 12.3 Å². The number of nitrogens with zero attached hydrogens (tertiary/aromatic N) is 2. The molecule has 2 amide bonds. The number of amides is 2. The second-order valence-electron chi connectivity index (χ2n) is 4.65. The molecule has 0 aliphatic heterocycles. The number of carboxylic acid groups (broad SMARTS) is 1. The summed E-state index contributed by atoms with van der Waals surface area (Å²) in [5, 5.41) is 19.9.